The van der Waals surface area contributed by atoms with Crippen LogP contribution in [0.25, 0.3) is 0 Å². The first-order valence-electron chi connectivity index (χ1n) is 14.9. The molecule has 0 amide bonds. The van der Waals surface area contributed by atoms with E-state index in [0.29, 0.717) is 51.9 Å². The molecule has 4 atom stereocenters. The van der Waals surface area contributed by atoms with Crippen LogP contribution in [0.3, 0.4) is 0 Å². The highest BCUT2D eigenvalue weighted by Gasteiger charge is 2.50. The lowest BCUT2D eigenvalue weighted by molar-refractivity contribution is -0.291. The zero-order valence-electron chi connectivity index (χ0n) is 24.8. The molecule has 5 nitrogen and oxygen atoms in total. The van der Waals surface area contributed by atoms with Crippen LogP contribution in [0.2, 0.25) is 0 Å². The third-order valence-electron chi connectivity index (χ3n) is 8.48. The lowest BCUT2D eigenvalue weighted by atomic mass is 9.91. The summed E-state index contributed by atoms with van der Waals surface area (Å²) in [5.41, 5.74) is 2.08. The van der Waals surface area contributed by atoms with E-state index in [4.69, 9.17) is 14.2 Å². The number of benzene rings is 2. The van der Waals surface area contributed by atoms with Crippen molar-refractivity contribution in [2.75, 3.05) is 53.5 Å². The van der Waals surface area contributed by atoms with Crippen LogP contribution in [0, 0.1) is 11.8 Å². The molecule has 2 fully saturated rings. The smallest absolute Gasteiger partial charge is 0.415 e. The Morgan fingerprint density at radius 2 is 1.02 bits per heavy atom. The van der Waals surface area contributed by atoms with Crippen molar-refractivity contribution in [1.82, 2.24) is 9.80 Å². The highest BCUT2D eigenvalue weighted by molar-refractivity contribution is 5.28. The van der Waals surface area contributed by atoms with Crippen LogP contribution in [-0.2, 0) is 17.6 Å². The molecular weight excluding hydrogens is 574 g/mol. The van der Waals surface area contributed by atoms with Crippen LogP contribution in [0.5, 0.6) is 11.5 Å². The summed E-state index contributed by atoms with van der Waals surface area (Å²) in [4.78, 5) is 3.21. The Kier molecular flexibility index (Phi) is 11.6. The Balaban J connectivity index is 1.36. The molecule has 2 aliphatic rings. The number of halogens is 6. The van der Waals surface area contributed by atoms with Gasteiger partial charge in [-0.2, -0.15) is 26.3 Å². The second kappa shape index (κ2) is 15.0. The van der Waals surface area contributed by atoms with Gasteiger partial charge >= 0.3 is 12.4 Å². The van der Waals surface area contributed by atoms with E-state index < -0.39 is 37.7 Å². The van der Waals surface area contributed by atoms with Gasteiger partial charge in [-0.05, 0) is 98.8 Å². The van der Waals surface area contributed by atoms with Gasteiger partial charge in [0.15, 0.2) is 12.2 Å². The van der Waals surface area contributed by atoms with Crippen molar-refractivity contribution in [3.63, 3.8) is 0 Å². The first-order chi connectivity index (χ1) is 20.4. The zero-order valence-corrected chi connectivity index (χ0v) is 24.8. The average molecular weight is 617 g/mol. The van der Waals surface area contributed by atoms with Crippen molar-refractivity contribution in [2.45, 2.75) is 63.1 Å². The molecule has 2 aliphatic heterocycles. The largest absolute Gasteiger partial charge is 0.497 e. The van der Waals surface area contributed by atoms with Gasteiger partial charge in [-0.25, -0.2) is 0 Å². The fourth-order valence-electron chi connectivity index (χ4n) is 6.27. The number of ether oxygens (including phenoxy) is 3. The standard InChI is InChI=1S/C32H42F6N2O3/c1-41-27-11-7-23(8-12-27)17-25-5-3-15-39(19-25)21-29(31(33,34)35)43-30(32(36,37)38)22-40-16-4-6-26(20-40)18-24-9-13-28(42-2)14-10-24/h7-14,25-26,29-30H,3-6,15-22H2,1-2H3. The van der Waals surface area contributed by atoms with Crippen LogP contribution in [-0.4, -0.2) is 87.8 Å². The molecule has 0 spiro atoms. The van der Waals surface area contributed by atoms with Gasteiger partial charge in [-0.1, -0.05) is 24.3 Å². The molecule has 0 saturated carbocycles. The predicted molar refractivity (Wildman–Crippen MR) is 152 cm³/mol. The number of methoxy groups -OCH3 is 2. The quantitative estimate of drug-likeness (QED) is 0.246. The van der Waals surface area contributed by atoms with Crippen LogP contribution in [0.1, 0.15) is 36.8 Å². The summed E-state index contributed by atoms with van der Waals surface area (Å²) in [7, 11) is 3.15. The van der Waals surface area contributed by atoms with Crippen LogP contribution in [0.15, 0.2) is 48.5 Å². The molecule has 43 heavy (non-hydrogen) atoms. The van der Waals surface area contributed by atoms with Gasteiger partial charge in [0.25, 0.3) is 0 Å². The number of rotatable bonds is 12. The minimum absolute atomic E-state index is 0.102. The maximum atomic E-state index is 14.1. The molecule has 0 N–H and O–H groups in total. The van der Waals surface area contributed by atoms with Crippen LogP contribution >= 0.6 is 0 Å². The Hall–Kier alpha value is -2.50. The molecule has 0 bridgehead atoms. The molecule has 240 valence electrons. The summed E-state index contributed by atoms with van der Waals surface area (Å²) in [6, 6.07) is 15.1. The number of nitrogens with zero attached hydrogens (tertiary/aromatic N) is 2. The third kappa shape index (κ3) is 10.3. The molecule has 4 unspecified atom stereocenters. The van der Waals surface area contributed by atoms with Crippen molar-refractivity contribution >= 4 is 0 Å². The minimum Gasteiger partial charge on any atom is -0.497 e. The Morgan fingerprint density at radius 3 is 1.35 bits per heavy atom. The maximum Gasteiger partial charge on any atom is 0.415 e. The SMILES string of the molecule is COc1ccc(CC2CCCN(CC(OC(CN3CCCC(Cc4ccc(OC)cc4)C3)C(F)(F)F)C(F)(F)F)C2)cc1. The topological polar surface area (TPSA) is 34.2 Å². The van der Waals surface area contributed by atoms with E-state index in [9.17, 15) is 26.3 Å². The van der Waals surface area contributed by atoms with E-state index >= 15 is 0 Å². The number of alkyl halides is 6. The van der Waals surface area contributed by atoms with Gasteiger partial charge in [0.05, 0.1) is 14.2 Å². The molecule has 0 aliphatic carbocycles. The van der Waals surface area contributed by atoms with E-state index in [1.165, 1.54) is 0 Å². The zero-order chi connectivity index (χ0) is 31.0. The number of hydrogen-bond donors (Lipinski definition) is 0. The molecule has 11 heteroatoms. The summed E-state index contributed by atoms with van der Waals surface area (Å²) >= 11 is 0. The predicted octanol–water partition coefficient (Wildman–Crippen LogP) is 6.79. The fraction of sp³-hybridized carbons (Fsp3) is 0.625. The van der Waals surface area contributed by atoms with Gasteiger partial charge in [0.2, 0.25) is 0 Å². The number of hydrogen-bond acceptors (Lipinski definition) is 5. The highest BCUT2D eigenvalue weighted by atomic mass is 19.4. The third-order valence-corrected chi connectivity index (χ3v) is 8.48. The molecule has 2 heterocycles. The van der Waals surface area contributed by atoms with E-state index in [2.05, 4.69) is 0 Å². The molecule has 2 aromatic carbocycles. The van der Waals surface area contributed by atoms with Gasteiger partial charge in [0.1, 0.15) is 11.5 Å². The number of piperidine rings is 2. The van der Waals surface area contributed by atoms with Crippen molar-refractivity contribution in [3.05, 3.63) is 59.7 Å². The van der Waals surface area contributed by atoms with Gasteiger partial charge < -0.3 is 24.0 Å². The Morgan fingerprint density at radius 1 is 0.651 bits per heavy atom. The van der Waals surface area contributed by atoms with Crippen molar-refractivity contribution < 1.29 is 40.6 Å². The Bertz CT molecular complexity index is 1020. The first kappa shape index (κ1) is 33.4. The monoisotopic (exact) mass is 616 g/mol. The maximum absolute atomic E-state index is 14.1. The van der Waals surface area contributed by atoms with Gasteiger partial charge in [-0.3, -0.25) is 0 Å². The van der Waals surface area contributed by atoms with Gasteiger partial charge in [-0.15, -0.1) is 0 Å². The lowest BCUT2D eigenvalue weighted by Crippen LogP contribution is -2.53. The summed E-state index contributed by atoms with van der Waals surface area (Å²) < 4.78 is 100. The van der Waals surface area contributed by atoms with Crippen molar-refractivity contribution in [3.8, 4) is 11.5 Å². The van der Waals surface area contributed by atoms with Gasteiger partial charge in [0, 0.05) is 26.2 Å². The molecular formula is C32H42F6N2O3. The highest BCUT2D eigenvalue weighted by Crippen LogP contribution is 2.33. The minimum atomic E-state index is -4.93. The average Bonchev–Trinajstić information content (AvgIpc) is 2.96. The summed E-state index contributed by atoms with van der Waals surface area (Å²) in [5.74, 6) is 1.64. The summed E-state index contributed by atoms with van der Waals surface area (Å²) in [5, 5.41) is 0. The fourth-order valence-corrected chi connectivity index (χ4v) is 6.27. The first-order valence-corrected chi connectivity index (χ1v) is 14.9. The lowest BCUT2D eigenvalue weighted by Gasteiger charge is -2.39. The molecule has 0 aromatic heterocycles. The van der Waals surface area contributed by atoms with Crippen molar-refractivity contribution in [1.29, 1.82) is 0 Å². The van der Waals surface area contributed by atoms with Crippen LogP contribution in [0.4, 0.5) is 26.3 Å². The van der Waals surface area contributed by atoms with Crippen LogP contribution < -0.4 is 9.47 Å². The van der Waals surface area contributed by atoms with E-state index in [0.717, 1.165) is 35.5 Å². The Labute approximate surface area is 250 Å². The molecule has 0 radical (unpaired) electrons. The van der Waals surface area contributed by atoms with E-state index in [1.807, 2.05) is 48.5 Å². The summed E-state index contributed by atoms with van der Waals surface area (Å²) in [6.45, 7) is 0.302. The normalized spacial score (nSPS) is 22.2. The van der Waals surface area contributed by atoms with Crippen molar-refractivity contribution in [2.24, 2.45) is 11.8 Å². The summed E-state index contributed by atoms with van der Waals surface area (Å²) in [6.07, 6.45) is -10.5. The second-order valence-corrected chi connectivity index (χ2v) is 11.8. The molecule has 4 rings (SSSR count). The van der Waals surface area contributed by atoms with E-state index in [-0.39, 0.29) is 11.8 Å². The number of likely N-dealkylation sites (tertiary alicyclic amines) is 2. The second-order valence-electron chi connectivity index (χ2n) is 11.8. The van der Waals surface area contributed by atoms with E-state index in [1.54, 1.807) is 24.0 Å². The molecule has 2 saturated heterocycles. The molecule has 2 aromatic rings.